The van der Waals surface area contributed by atoms with Crippen LogP contribution < -0.4 is 10.6 Å². The number of rotatable bonds is 7. The first-order valence-corrected chi connectivity index (χ1v) is 8.17. The van der Waals surface area contributed by atoms with Gasteiger partial charge in [0.2, 0.25) is 0 Å². The zero-order chi connectivity index (χ0) is 16.6. The highest BCUT2D eigenvalue weighted by molar-refractivity contribution is 14.0. The van der Waals surface area contributed by atoms with Gasteiger partial charge in [0.15, 0.2) is 5.96 Å². The Hall–Kier alpha value is -0.530. The molecule has 0 radical (unpaired) electrons. The van der Waals surface area contributed by atoms with Crippen LogP contribution in [0.15, 0.2) is 29.3 Å². The van der Waals surface area contributed by atoms with E-state index in [9.17, 15) is 0 Å². The number of benzene rings is 1. The van der Waals surface area contributed by atoms with Gasteiger partial charge in [-0.15, -0.1) is 24.0 Å². The minimum atomic E-state index is 0. The molecule has 0 fully saturated rings. The number of guanidine groups is 1. The fourth-order valence-electron chi connectivity index (χ4n) is 1.73. The van der Waals surface area contributed by atoms with Crippen molar-refractivity contribution in [2.45, 2.75) is 32.7 Å². The van der Waals surface area contributed by atoms with E-state index in [1.807, 2.05) is 12.1 Å². The molecular weight excluding hydrogens is 423 g/mol. The Labute approximate surface area is 163 Å². The van der Waals surface area contributed by atoms with Crippen LogP contribution in [0.3, 0.4) is 0 Å². The average Bonchev–Trinajstić information content (AvgIpc) is 2.46. The van der Waals surface area contributed by atoms with Crippen LogP contribution in [0.1, 0.15) is 26.3 Å². The summed E-state index contributed by atoms with van der Waals surface area (Å²) in [7, 11) is 4.16. The lowest BCUT2D eigenvalue weighted by atomic mass is 10.1. The second-order valence-corrected chi connectivity index (χ2v) is 6.64. The molecule has 0 heterocycles. The van der Waals surface area contributed by atoms with Crippen LogP contribution in [0.4, 0.5) is 0 Å². The lowest BCUT2D eigenvalue weighted by Crippen LogP contribution is -2.44. The largest absolute Gasteiger partial charge is 0.357 e. The molecule has 0 aromatic heterocycles. The van der Waals surface area contributed by atoms with Gasteiger partial charge in [0.05, 0.1) is 6.54 Å². The molecule has 0 aliphatic rings. The Morgan fingerprint density at radius 2 is 1.78 bits per heavy atom. The second kappa shape index (κ2) is 11.1. The molecule has 4 nitrogen and oxygen atoms in total. The van der Waals surface area contributed by atoms with Crippen LogP contribution in [0.2, 0.25) is 5.02 Å². The molecule has 23 heavy (non-hydrogen) atoms. The first kappa shape index (κ1) is 22.5. The molecule has 0 atom stereocenters. The fourth-order valence-corrected chi connectivity index (χ4v) is 1.86. The summed E-state index contributed by atoms with van der Waals surface area (Å²) in [5, 5.41) is 7.45. The number of hydrogen-bond donors (Lipinski definition) is 2. The van der Waals surface area contributed by atoms with Gasteiger partial charge in [-0.2, -0.15) is 0 Å². The van der Waals surface area contributed by atoms with Crippen molar-refractivity contribution in [1.29, 1.82) is 0 Å². The van der Waals surface area contributed by atoms with Gasteiger partial charge in [-0.3, -0.25) is 4.99 Å². The van der Waals surface area contributed by atoms with E-state index in [2.05, 4.69) is 67.5 Å². The Bertz CT molecular complexity index is 472. The molecule has 6 heteroatoms. The summed E-state index contributed by atoms with van der Waals surface area (Å²) in [6, 6.07) is 7.97. The molecule has 0 spiro atoms. The van der Waals surface area contributed by atoms with Gasteiger partial charge in [-0.05, 0) is 59.0 Å². The van der Waals surface area contributed by atoms with Crippen LogP contribution in [-0.4, -0.2) is 50.1 Å². The fraction of sp³-hybridized carbons (Fsp3) is 0.588. The van der Waals surface area contributed by atoms with E-state index in [0.717, 1.165) is 37.0 Å². The van der Waals surface area contributed by atoms with Crippen LogP contribution >= 0.6 is 35.6 Å². The monoisotopic (exact) mass is 452 g/mol. The maximum atomic E-state index is 5.90. The van der Waals surface area contributed by atoms with Gasteiger partial charge in [-0.25, -0.2) is 0 Å². The molecule has 2 N–H and O–H groups in total. The van der Waals surface area contributed by atoms with Crippen LogP contribution in [0.5, 0.6) is 0 Å². The Balaban J connectivity index is 0.00000484. The van der Waals surface area contributed by atoms with Crippen molar-refractivity contribution in [2.75, 3.05) is 33.7 Å². The molecule has 132 valence electrons. The lowest BCUT2D eigenvalue weighted by Gasteiger charge is -2.31. The number of likely N-dealkylation sites (N-methyl/N-ethyl adjacent to an activating group) is 1. The zero-order valence-corrected chi connectivity index (χ0v) is 17.9. The quantitative estimate of drug-likeness (QED) is 0.378. The molecule has 1 aromatic carbocycles. The van der Waals surface area contributed by atoms with Crippen LogP contribution in [0.25, 0.3) is 0 Å². The Morgan fingerprint density at radius 1 is 1.17 bits per heavy atom. The molecular formula is C17H30ClIN4. The van der Waals surface area contributed by atoms with Crippen LogP contribution in [0, 0.1) is 0 Å². The smallest absolute Gasteiger partial charge is 0.191 e. The van der Waals surface area contributed by atoms with Crippen molar-refractivity contribution < 1.29 is 0 Å². The van der Waals surface area contributed by atoms with Gasteiger partial charge in [0, 0.05) is 23.7 Å². The summed E-state index contributed by atoms with van der Waals surface area (Å²) in [4.78, 5) is 6.87. The number of aliphatic imine (C=N–C) groups is 1. The molecule has 0 aliphatic heterocycles. The summed E-state index contributed by atoms with van der Waals surface area (Å²) >= 11 is 5.90. The summed E-state index contributed by atoms with van der Waals surface area (Å²) in [6.07, 6.45) is 0.943. The lowest BCUT2D eigenvalue weighted by molar-refractivity contribution is 0.204. The molecule has 1 aromatic rings. The first-order valence-electron chi connectivity index (χ1n) is 7.79. The molecule has 0 saturated heterocycles. The SMILES string of the molecule is CCNC(=NCC(C)(C)N(C)C)NCCc1ccc(Cl)cc1.I. The van der Waals surface area contributed by atoms with Crippen molar-refractivity contribution >= 4 is 41.5 Å². The van der Waals surface area contributed by atoms with E-state index in [-0.39, 0.29) is 29.5 Å². The van der Waals surface area contributed by atoms with Gasteiger partial charge in [0.25, 0.3) is 0 Å². The van der Waals surface area contributed by atoms with Gasteiger partial charge >= 0.3 is 0 Å². The maximum absolute atomic E-state index is 5.90. The summed E-state index contributed by atoms with van der Waals surface area (Å²) in [5.74, 6) is 0.867. The first-order chi connectivity index (χ1) is 10.3. The predicted molar refractivity (Wildman–Crippen MR) is 112 cm³/mol. The van der Waals surface area contributed by atoms with Gasteiger partial charge in [0.1, 0.15) is 0 Å². The second-order valence-electron chi connectivity index (χ2n) is 6.21. The topological polar surface area (TPSA) is 39.7 Å². The van der Waals surface area contributed by atoms with E-state index in [0.29, 0.717) is 0 Å². The minimum Gasteiger partial charge on any atom is -0.357 e. The predicted octanol–water partition coefficient (Wildman–Crippen LogP) is 3.40. The van der Waals surface area contributed by atoms with Crippen molar-refractivity contribution in [2.24, 2.45) is 4.99 Å². The maximum Gasteiger partial charge on any atom is 0.191 e. The zero-order valence-electron chi connectivity index (χ0n) is 14.8. The third-order valence-electron chi connectivity index (χ3n) is 3.80. The Kier molecular flexibility index (Phi) is 10.8. The molecule has 0 unspecified atom stereocenters. The van der Waals surface area contributed by atoms with Gasteiger partial charge in [-0.1, -0.05) is 23.7 Å². The van der Waals surface area contributed by atoms with E-state index in [1.54, 1.807) is 0 Å². The molecule has 0 aliphatic carbocycles. The third kappa shape index (κ3) is 8.77. The van der Waals surface area contributed by atoms with Crippen molar-refractivity contribution in [1.82, 2.24) is 15.5 Å². The van der Waals surface area contributed by atoms with Crippen molar-refractivity contribution in [3.8, 4) is 0 Å². The molecule has 1 rings (SSSR count). The highest BCUT2D eigenvalue weighted by atomic mass is 127. The van der Waals surface area contributed by atoms with E-state index in [4.69, 9.17) is 11.6 Å². The van der Waals surface area contributed by atoms with Crippen molar-refractivity contribution in [3.63, 3.8) is 0 Å². The van der Waals surface area contributed by atoms with Crippen molar-refractivity contribution in [3.05, 3.63) is 34.9 Å². The summed E-state index contributed by atoms with van der Waals surface area (Å²) in [6.45, 7) is 8.90. The van der Waals surface area contributed by atoms with Crippen LogP contribution in [-0.2, 0) is 6.42 Å². The summed E-state index contributed by atoms with van der Waals surface area (Å²) < 4.78 is 0. The highest BCUT2D eigenvalue weighted by Crippen LogP contribution is 2.10. The number of halogens is 2. The normalized spacial score (nSPS) is 12.0. The van der Waals surface area contributed by atoms with E-state index in [1.165, 1.54) is 5.56 Å². The number of hydrogen-bond acceptors (Lipinski definition) is 2. The molecule has 0 amide bonds. The minimum absolute atomic E-state index is 0. The standard InChI is InChI=1S/C17H29ClN4.HI/c1-6-19-16(21-13-17(2,3)22(4)5)20-12-11-14-7-9-15(18)10-8-14;/h7-10H,6,11-13H2,1-5H3,(H2,19,20,21);1H. The third-order valence-corrected chi connectivity index (χ3v) is 4.05. The van der Waals surface area contributed by atoms with Gasteiger partial charge < -0.3 is 15.5 Å². The van der Waals surface area contributed by atoms with E-state index >= 15 is 0 Å². The number of nitrogens with one attached hydrogen (secondary N) is 2. The van der Waals surface area contributed by atoms with E-state index < -0.39 is 0 Å². The Morgan fingerprint density at radius 3 is 2.30 bits per heavy atom. The number of nitrogens with zero attached hydrogens (tertiary/aromatic N) is 2. The highest BCUT2D eigenvalue weighted by Gasteiger charge is 2.19. The molecule has 0 bridgehead atoms. The molecule has 0 saturated carbocycles. The average molecular weight is 453 g/mol. The summed E-state index contributed by atoms with van der Waals surface area (Å²) in [5.41, 5.74) is 1.31.